The average molecular weight is 237 g/mol. The molecule has 1 rings (SSSR count). The molecule has 0 spiro atoms. The molecule has 1 aromatic carbocycles. The van der Waals surface area contributed by atoms with Crippen LogP contribution in [0, 0.1) is 6.92 Å². The highest BCUT2D eigenvalue weighted by Crippen LogP contribution is 2.28. The van der Waals surface area contributed by atoms with E-state index in [4.69, 9.17) is 4.74 Å². The lowest BCUT2D eigenvalue weighted by Gasteiger charge is -2.22. The minimum Gasteiger partial charge on any atom is -0.496 e. The summed E-state index contributed by atoms with van der Waals surface area (Å²) < 4.78 is 5.29. The van der Waals surface area contributed by atoms with E-state index in [9.17, 15) is 5.11 Å². The third kappa shape index (κ3) is 3.72. The van der Waals surface area contributed by atoms with Crippen LogP contribution in [-0.2, 0) is 0 Å². The topological polar surface area (TPSA) is 41.5 Å². The van der Waals surface area contributed by atoms with Gasteiger partial charge in [-0.3, -0.25) is 0 Å². The van der Waals surface area contributed by atoms with Gasteiger partial charge in [-0.1, -0.05) is 18.6 Å². The number of aliphatic hydroxyl groups is 1. The largest absolute Gasteiger partial charge is 0.496 e. The quantitative estimate of drug-likeness (QED) is 0.798. The van der Waals surface area contributed by atoms with Crippen molar-refractivity contribution < 1.29 is 9.84 Å². The summed E-state index contributed by atoms with van der Waals surface area (Å²) in [4.78, 5) is 0. The van der Waals surface area contributed by atoms with E-state index < -0.39 is 6.10 Å². The van der Waals surface area contributed by atoms with E-state index in [0.29, 0.717) is 0 Å². The zero-order valence-corrected chi connectivity index (χ0v) is 11.2. The van der Waals surface area contributed by atoms with Crippen LogP contribution in [0.2, 0.25) is 0 Å². The lowest BCUT2D eigenvalue weighted by Crippen LogP contribution is -2.32. The minimum absolute atomic E-state index is 0.0191. The van der Waals surface area contributed by atoms with Crippen LogP contribution in [0.4, 0.5) is 0 Å². The third-order valence-corrected chi connectivity index (χ3v) is 2.89. The molecule has 96 valence electrons. The van der Waals surface area contributed by atoms with Crippen LogP contribution in [0.25, 0.3) is 0 Å². The van der Waals surface area contributed by atoms with Gasteiger partial charge in [0.25, 0.3) is 0 Å². The highest BCUT2D eigenvalue weighted by atomic mass is 16.5. The maximum absolute atomic E-state index is 10.3. The van der Waals surface area contributed by atoms with Gasteiger partial charge in [0.2, 0.25) is 0 Å². The monoisotopic (exact) mass is 237 g/mol. The summed E-state index contributed by atoms with van der Waals surface area (Å²) in [6.07, 6.45) is 0.513. The minimum atomic E-state index is -0.545. The number of nitrogens with one attached hydrogen (secondary N) is 1. The van der Waals surface area contributed by atoms with Crippen molar-refractivity contribution >= 4 is 0 Å². The molecule has 3 nitrogen and oxygen atoms in total. The average Bonchev–Trinajstić information content (AvgIpc) is 2.34. The van der Waals surface area contributed by atoms with Crippen molar-refractivity contribution in [1.29, 1.82) is 0 Å². The molecule has 0 heterocycles. The molecule has 3 heteroatoms. The predicted octanol–water partition coefficient (Wildman–Crippen LogP) is 2.43. The Balaban J connectivity index is 2.86. The maximum atomic E-state index is 10.3. The molecule has 0 radical (unpaired) electrons. The van der Waals surface area contributed by atoms with Crippen molar-refractivity contribution in [3.63, 3.8) is 0 Å². The van der Waals surface area contributed by atoms with Gasteiger partial charge in [0.05, 0.1) is 13.2 Å². The Hall–Kier alpha value is -1.06. The second kappa shape index (κ2) is 6.62. The molecule has 17 heavy (non-hydrogen) atoms. The standard InChI is InChI=1S/C14H23NO2/c1-5-8-15-11(3)14(16)12-9-10(2)6-7-13(12)17-4/h6-7,9,11,14-16H,5,8H2,1-4H3. The summed E-state index contributed by atoms with van der Waals surface area (Å²) in [5.41, 5.74) is 1.98. The summed E-state index contributed by atoms with van der Waals surface area (Å²) in [7, 11) is 1.63. The number of hydrogen-bond acceptors (Lipinski definition) is 3. The Kier molecular flexibility index (Phi) is 5.45. The number of ether oxygens (including phenoxy) is 1. The Labute approximate surface area is 104 Å². The van der Waals surface area contributed by atoms with Crippen molar-refractivity contribution in [3.05, 3.63) is 29.3 Å². The van der Waals surface area contributed by atoms with Crippen molar-refractivity contribution in [1.82, 2.24) is 5.32 Å². The van der Waals surface area contributed by atoms with E-state index in [1.807, 2.05) is 32.0 Å². The van der Waals surface area contributed by atoms with Gasteiger partial charge < -0.3 is 15.2 Å². The van der Waals surface area contributed by atoms with Crippen molar-refractivity contribution in [2.45, 2.75) is 39.3 Å². The van der Waals surface area contributed by atoms with Crippen molar-refractivity contribution in [2.24, 2.45) is 0 Å². The van der Waals surface area contributed by atoms with Crippen LogP contribution in [0.1, 0.15) is 37.5 Å². The molecule has 2 atom stereocenters. The zero-order chi connectivity index (χ0) is 12.8. The Morgan fingerprint density at radius 2 is 2.12 bits per heavy atom. The summed E-state index contributed by atoms with van der Waals surface area (Å²) in [5, 5.41) is 13.6. The summed E-state index contributed by atoms with van der Waals surface area (Å²) in [6, 6.07) is 5.89. The van der Waals surface area contributed by atoms with Gasteiger partial charge in [0.15, 0.2) is 0 Å². The van der Waals surface area contributed by atoms with Gasteiger partial charge in [-0.2, -0.15) is 0 Å². The first-order valence-electron chi connectivity index (χ1n) is 6.16. The molecule has 1 aromatic rings. The van der Waals surface area contributed by atoms with Gasteiger partial charge in [0.1, 0.15) is 5.75 Å². The van der Waals surface area contributed by atoms with E-state index in [-0.39, 0.29) is 6.04 Å². The molecule has 0 aliphatic heterocycles. The smallest absolute Gasteiger partial charge is 0.124 e. The summed E-state index contributed by atoms with van der Waals surface area (Å²) >= 11 is 0. The first-order valence-corrected chi connectivity index (χ1v) is 6.16. The number of aryl methyl sites for hydroxylation is 1. The first-order chi connectivity index (χ1) is 8.10. The molecule has 0 amide bonds. The lowest BCUT2D eigenvalue weighted by molar-refractivity contribution is 0.133. The molecule has 0 saturated heterocycles. The molecule has 0 aliphatic carbocycles. The Morgan fingerprint density at radius 1 is 1.41 bits per heavy atom. The maximum Gasteiger partial charge on any atom is 0.124 e. The molecular formula is C14H23NO2. The molecular weight excluding hydrogens is 214 g/mol. The SMILES string of the molecule is CCCNC(C)C(O)c1cc(C)ccc1OC. The van der Waals surface area contributed by atoms with Gasteiger partial charge in [-0.05, 0) is 38.9 Å². The number of benzene rings is 1. The molecule has 0 saturated carbocycles. The molecule has 0 bridgehead atoms. The second-order valence-corrected chi connectivity index (χ2v) is 4.43. The van der Waals surface area contributed by atoms with E-state index in [2.05, 4.69) is 12.2 Å². The number of rotatable bonds is 6. The predicted molar refractivity (Wildman–Crippen MR) is 70.4 cm³/mol. The first kappa shape index (κ1) is 14.0. The van der Waals surface area contributed by atoms with E-state index in [1.165, 1.54) is 0 Å². The van der Waals surface area contributed by atoms with Crippen molar-refractivity contribution in [3.8, 4) is 5.75 Å². The van der Waals surface area contributed by atoms with Crippen LogP contribution in [0.5, 0.6) is 5.75 Å². The number of methoxy groups -OCH3 is 1. The number of aliphatic hydroxyl groups excluding tert-OH is 1. The highest BCUT2D eigenvalue weighted by Gasteiger charge is 2.19. The highest BCUT2D eigenvalue weighted by molar-refractivity contribution is 5.39. The van der Waals surface area contributed by atoms with E-state index in [1.54, 1.807) is 7.11 Å². The van der Waals surface area contributed by atoms with Crippen LogP contribution in [0.15, 0.2) is 18.2 Å². The molecule has 0 fully saturated rings. The zero-order valence-electron chi connectivity index (χ0n) is 11.2. The normalized spacial score (nSPS) is 14.4. The van der Waals surface area contributed by atoms with Gasteiger partial charge in [-0.25, -0.2) is 0 Å². The Bertz CT molecular complexity index is 352. The molecule has 2 unspecified atom stereocenters. The van der Waals surface area contributed by atoms with Crippen molar-refractivity contribution in [2.75, 3.05) is 13.7 Å². The van der Waals surface area contributed by atoms with E-state index in [0.717, 1.165) is 29.8 Å². The molecule has 0 aliphatic rings. The fraction of sp³-hybridized carbons (Fsp3) is 0.571. The van der Waals surface area contributed by atoms with Crippen LogP contribution < -0.4 is 10.1 Å². The van der Waals surface area contributed by atoms with E-state index >= 15 is 0 Å². The van der Waals surface area contributed by atoms with Gasteiger partial charge >= 0.3 is 0 Å². The summed E-state index contributed by atoms with van der Waals surface area (Å²) in [6.45, 7) is 7.02. The van der Waals surface area contributed by atoms with Gasteiger partial charge in [-0.15, -0.1) is 0 Å². The molecule has 0 aromatic heterocycles. The van der Waals surface area contributed by atoms with Gasteiger partial charge in [0, 0.05) is 11.6 Å². The van der Waals surface area contributed by atoms with Crippen LogP contribution >= 0.6 is 0 Å². The Morgan fingerprint density at radius 3 is 2.71 bits per heavy atom. The number of hydrogen-bond donors (Lipinski definition) is 2. The lowest BCUT2D eigenvalue weighted by atomic mass is 10.0. The van der Waals surface area contributed by atoms with Crippen LogP contribution in [-0.4, -0.2) is 24.8 Å². The fourth-order valence-electron chi connectivity index (χ4n) is 1.84. The second-order valence-electron chi connectivity index (χ2n) is 4.43. The fourth-order valence-corrected chi connectivity index (χ4v) is 1.84. The summed E-state index contributed by atoms with van der Waals surface area (Å²) in [5.74, 6) is 0.744. The molecule has 2 N–H and O–H groups in total. The van der Waals surface area contributed by atoms with Crippen LogP contribution in [0.3, 0.4) is 0 Å². The third-order valence-electron chi connectivity index (χ3n) is 2.89.